The van der Waals surface area contributed by atoms with E-state index >= 15 is 0 Å². The van der Waals surface area contributed by atoms with Gasteiger partial charge in [0.05, 0.1) is 21.3 Å². The Labute approximate surface area is 183 Å². The number of hydrogen-bond donors (Lipinski definition) is 1. The number of nitrogens with one attached hydrogen (secondary N) is 1. The molecule has 6 nitrogen and oxygen atoms in total. The van der Waals surface area contributed by atoms with Gasteiger partial charge >= 0.3 is 5.97 Å². The summed E-state index contributed by atoms with van der Waals surface area (Å²) in [6, 6.07) is 22.8. The van der Waals surface area contributed by atoms with Crippen molar-refractivity contribution in [2.24, 2.45) is 0 Å². The number of ether oxygens (including phenoxy) is 2. The Morgan fingerprint density at radius 2 is 1.52 bits per heavy atom. The van der Waals surface area contributed by atoms with E-state index in [2.05, 4.69) is 5.32 Å². The minimum atomic E-state index is -1.31. The lowest BCUT2D eigenvalue weighted by Crippen LogP contribution is -2.30. The van der Waals surface area contributed by atoms with Crippen molar-refractivity contribution in [3.63, 3.8) is 0 Å². The van der Waals surface area contributed by atoms with Crippen LogP contribution in [0.4, 0.5) is 5.69 Å². The molecule has 0 saturated heterocycles. The van der Waals surface area contributed by atoms with Gasteiger partial charge in [0.25, 0.3) is 5.91 Å². The van der Waals surface area contributed by atoms with Crippen LogP contribution in [-0.4, -0.2) is 27.9 Å². The van der Waals surface area contributed by atoms with E-state index in [1.165, 1.54) is 6.92 Å². The molecule has 0 saturated carbocycles. The van der Waals surface area contributed by atoms with Gasteiger partial charge in [0.2, 0.25) is 0 Å². The number of benzene rings is 3. The predicted octanol–water partition coefficient (Wildman–Crippen LogP) is 4.79. The molecule has 160 valence electrons. The first-order valence-electron chi connectivity index (χ1n) is 9.80. The molecule has 0 radical (unpaired) electrons. The van der Waals surface area contributed by atoms with Crippen molar-refractivity contribution in [1.29, 1.82) is 0 Å². The summed E-state index contributed by atoms with van der Waals surface area (Å²) in [6.07, 6.45) is -1.03. The summed E-state index contributed by atoms with van der Waals surface area (Å²) >= 11 is 0. The van der Waals surface area contributed by atoms with Gasteiger partial charge in [-0.1, -0.05) is 37.3 Å². The molecule has 2 unspecified atom stereocenters. The molecule has 0 bridgehead atoms. The molecular weight excluding hydrogens is 414 g/mol. The topological polar surface area (TPSA) is 81.7 Å². The first kappa shape index (κ1) is 22.2. The van der Waals surface area contributed by atoms with Gasteiger partial charge in [0, 0.05) is 11.4 Å². The van der Waals surface area contributed by atoms with Crippen LogP contribution < -0.4 is 10.1 Å². The van der Waals surface area contributed by atoms with Crippen molar-refractivity contribution in [3.05, 3.63) is 84.4 Å². The largest absolute Gasteiger partial charge is 0.457 e. The Morgan fingerprint density at radius 1 is 0.903 bits per heavy atom. The quantitative estimate of drug-likeness (QED) is 0.513. The Morgan fingerprint density at radius 3 is 2.19 bits per heavy atom. The number of carbonyl (C=O) groups is 2. The first-order chi connectivity index (χ1) is 15.0. The molecule has 0 heterocycles. The molecule has 0 aliphatic rings. The highest BCUT2D eigenvalue weighted by atomic mass is 32.2. The maximum Gasteiger partial charge on any atom is 0.340 e. The molecule has 0 aliphatic heterocycles. The zero-order chi connectivity index (χ0) is 22.2. The molecule has 0 aromatic heterocycles. The predicted molar refractivity (Wildman–Crippen MR) is 120 cm³/mol. The summed E-state index contributed by atoms with van der Waals surface area (Å²) in [5.41, 5.74) is 0.741. The molecule has 3 aromatic carbocycles. The van der Waals surface area contributed by atoms with Crippen molar-refractivity contribution in [2.75, 3.05) is 11.1 Å². The van der Waals surface area contributed by atoms with E-state index in [9.17, 15) is 13.8 Å². The SMILES string of the molecule is CCS(=O)c1ccccc1C(=O)OC(C)C(=O)Nc1ccc(Oc2ccccc2)cc1. The fraction of sp³-hybridized carbons (Fsp3) is 0.167. The highest BCUT2D eigenvalue weighted by Crippen LogP contribution is 2.23. The second-order valence-electron chi connectivity index (χ2n) is 6.61. The number of carbonyl (C=O) groups excluding carboxylic acids is 2. The van der Waals surface area contributed by atoms with Gasteiger partial charge in [-0.25, -0.2) is 4.79 Å². The van der Waals surface area contributed by atoms with Gasteiger partial charge in [0.1, 0.15) is 11.5 Å². The van der Waals surface area contributed by atoms with Crippen LogP contribution in [0.15, 0.2) is 83.8 Å². The molecule has 1 N–H and O–H groups in total. The average molecular weight is 438 g/mol. The smallest absolute Gasteiger partial charge is 0.340 e. The molecule has 3 aromatic rings. The van der Waals surface area contributed by atoms with Crippen LogP contribution in [0.25, 0.3) is 0 Å². The molecular formula is C24H23NO5S. The Balaban J connectivity index is 1.59. The Hall–Kier alpha value is -3.45. The van der Waals surface area contributed by atoms with E-state index in [1.54, 1.807) is 55.5 Å². The lowest BCUT2D eigenvalue weighted by atomic mass is 10.2. The second-order valence-corrected chi connectivity index (χ2v) is 8.31. The van der Waals surface area contributed by atoms with Crippen LogP contribution >= 0.6 is 0 Å². The highest BCUT2D eigenvalue weighted by Gasteiger charge is 2.22. The number of amides is 1. The third-order valence-electron chi connectivity index (χ3n) is 4.37. The minimum Gasteiger partial charge on any atom is -0.457 e. The summed E-state index contributed by atoms with van der Waals surface area (Å²) in [5, 5.41) is 2.71. The molecule has 0 spiro atoms. The maximum atomic E-state index is 12.5. The van der Waals surface area contributed by atoms with Crippen LogP contribution in [0, 0.1) is 0 Å². The summed E-state index contributed by atoms with van der Waals surface area (Å²) < 4.78 is 23.2. The van der Waals surface area contributed by atoms with E-state index in [4.69, 9.17) is 9.47 Å². The maximum absolute atomic E-state index is 12.5. The minimum absolute atomic E-state index is 0.199. The highest BCUT2D eigenvalue weighted by molar-refractivity contribution is 7.85. The number of rotatable bonds is 8. The average Bonchev–Trinajstić information content (AvgIpc) is 2.80. The van der Waals surface area contributed by atoms with E-state index in [1.807, 2.05) is 30.3 Å². The van der Waals surface area contributed by atoms with Crippen LogP contribution in [0.2, 0.25) is 0 Å². The van der Waals surface area contributed by atoms with Gasteiger partial charge in [-0.2, -0.15) is 0 Å². The fourth-order valence-electron chi connectivity index (χ4n) is 2.74. The number of para-hydroxylation sites is 1. The van der Waals surface area contributed by atoms with Gasteiger partial charge in [-0.05, 0) is 55.5 Å². The third kappa shape index (κ3) is 6.02. The normalized spacial score (nSPS) is 12.5. The van der Waals surface area contributed by atoms with Crippen LogP contribution in [0.5, 0.6) is 11.5 Å². The van der Waals surface area contributed by atoms with Crippen LogP contribution in [-0.2, 0) is 20.3 Å². The fourth-order valence-corrected chi connectivity index (χ4v) is 3.68. The van der Waals surface area contributed by atoms with Crippen molar-refractivity contribution < 1.29 is 23.3 Å². The summed E-state index contributed by atoms with van der Waals surface area (Å²) in [7, 11) is -1.31. The van der Waals surface area contributed by atoms with Crippen molar-refractivity contribution in [2.45, 2.75) is 24.8 Å². The summed E-state index contributed by atoms with van der Waals surface area (Å²) in [4.78, 5) is 25.4. The molecule has 0 fully saturated rings. The monoisotopic (exact) mass is 437 g/mol. The molecule has 31 heavy (non-hydrogen) atoms. The summed E-state index contributed by atoms with van der Waals surface area (Å²) in [5.74, 6) is 0.559. The molecule has 7 heteroatoms. The van der Waals surface area contributed by atoms with E-state index in [-0.39, 0.29) is 5.56 Å². The van der Waals surface area contributed by atoms with E-state index in [0.717, 1.165) is 0 Å². The van der Waals surface area contributed by atoms with E-state index in [0.29, 0.717) is 27.8 Å². The van der Waals surface area contributed by atoms with Gasteiger partial charge in [-0.15, -0.1) is 0 Å². The number of hydrogen-bond acceptors (Lipinski definition) is 5. The number of esters is 1. The van der Waals surface area contributed by atoms with E-state index < -0.39 is 28.8 Å². The number of anilines is 1. The summed E-state index contributed by atoms with van der Waals surface area (Å²) in [6.45, 7) is 3.25. The molecule has 3 rings (SSSR count). The zero-order valence-corrected chi connectivity index (χ0v) is 18.1. The van der Waals surface area contributed by atoms with Crippen LogP contribution in [0.1, 0.15) is 24.2 Å². The Bertz CT molecular complexity index is 1070. The van der Waals surface area contributed by atoms with Crippen molar-refractivity contribution in [1.82, 2.24) is 0 Å². The van der Waals surface area contributed by atoms with Crippen LogP contribution in [0.3, 0.4) is 0 Å². The zero-order valence-electron chi connectivity index (χ0n) is 17.2. The third-order valence-corrected chi connectivity index (χ3v) is 5.74. The van der Waals surface area contributed by atoms with Gasteiger partial charge in [0.15, 0.2) is 6.10 Å². The lowest BCUT2D eigenvalue weighted by molar-refractivity contribution is -0.123. The first-order valence-corrected chi connectivity index (χ1v) is 11.1. The van der Waals surface area contributed by atoms with Gasteiger partial charge in [-0.3, -0.25) is 9.00 Å². The second kappa shape index (κ2) is 10.5. The van der Waals surface area contributed by atoms with Crippen molar-refractivity contribution in [3.8, 4) is 11.5 Å². The Kier molecular flexibility index (Phi) is 7.56. The lowest BCUT2D eigenvalue weighted by Gasteiger charge is -2.15. The molecule has 2 atom stereocenters. The molecule has 0 aliphatic carbocycles. The standard InChI is InChI=1S/C24H23NO5S/c1-3-31(28)22-12-8-7-11-21(22)24(27)29-17(2)23(26)25-18-13-15-20(16-14-18)30-19-9-5-4-6-10-19/h4-17H,3H2,1-2H3,(H,25,26). The molecule has 1 amide bonds. The van der Waals surface area contributed by atoms with Gasteiger partial charge < -0.3 is 14.8 Å². The van der Waals surface area contributed by atoms with Crippen molar-refractivity contribution >= 4 is 28.4 Å².